The lowest BCUT2D eigenvalue weighted by Gasteiger charge is -2.19. The normalized spacial score (nSPS) is 10.1. The Balaban J connectivity index is 2.39. The van der Waals surface area contributed by atoms with Gasteiger partial charge in [-0.25, -0.2) is 9.18 Å². The Bertz CT molecular complexity index is 673. The molecule has 0 saturated carbocycles. The van der Waals surface area contributed by atoms with Crippen molar-refractivity contribution in [3.05, 3.63) is 59.7 Å². The molecule has 1 aromatic heterocycles. The highest BCUT2D eigenvalue weighted by Crippen LogP contribution is 2.21. The molecule has 1 amide bonds. The Morgan fingerprint density at radius 1 is 1.25 bits per heavy atom. The monoisotopic (exact) mass is 274 g/mol. The molecule has 1 N–H and O–H groups in total. The third-order valence-corrected chi connectivity index (χ3v) is 2.75. The van der Waals surface area contributed by atoms with Gasteiger partial charge in [-0.05, 0) is 18.2 Å². The van der Waals surface area contributed by atoms with E-state index in [1.54, 1.807) is 12.1 Å². The number of rotatable bonds is 3. The number of nitrogens with zero attached hydrogens (tertiary/aromatic N) is 2. The first-order valence-electron chi connectivity index (χ1n) is 5.71. The Morgan fingerprint density at radius 3 is 2.60 bits per heavy atom. The molecule has 0 radical (unpaired) electrons. The molecule has 2 aromatic rings. The van der Waals surface area contributed by atoms with Crippen molar-refractivity contribution in [2.24, 2.45) is 0 Å². The minimum atomic E-state index is -1.14. The largest absolute Gasteiger partial charge is 0.478 e. The van der Waals surface area contributed by atoms with Crippen LogP contribution in [0.15, 0.2) is 42.7 Å². The third-order valence-electron chi connectivity index (χ3n) is 2.75. The number of aromatic carboxylic acids is 1. The second-order valence-corrected chi connectivity index (χ2v) is 4.08. The van der Waals surface area contributed by atoms with Crippen molar-refractivity contribution in [2.75, 3.05) is 11.9 Å². The summed E-state index contributed by atoms with van der Waals surface area (Å²) in [6.45, 7) is 0. The summed E-state index contributed by atoms with van der Waals surface area (Å²) in [6, 6.07) is 7.14. The van der Waals surface area contributed by atoms with E-state index in [9.17, 15) is 14.0 Å². The maximum Gasteiger partial charge on any atom is 0.337 e. The number of carboxylic acids is 1. The molecular weight excluding hydrogens is 263 g/mol. The molecule has 2 rings (SSSR count). The van der Waals surface area contributed by atoms with Crippen LogP contribution in [0.2, 0.25) is 0 Å². The molecule has 0 aliphatic heterocycles. The predicted octanol–water partition coefficient (Wildman–Crippen LogP) is 2.20. The number of benzene rings is 1. The number of aromatic nitrogens is 1. The molecule has 0 saturated heterocycles. The summed E-state index contributed by atoms with van der Waals surface area (Å²) < 4.78 is 13.1. The predicted molar refractivity (Wildman–Crippen MR) is 70.3 cm³/mol. The second kappa shape index (κ2) is 5.48. The number of amides is 1. The van der Waals surface area contributed by atoms with Crippen molar-refractivity contribution in [3.63, 3.8) is 0 Å². The van der Waals surface area contributed by atoms with Crippen LogP contribution in [0.25, 0.3) is 0 Å². The van der Waals surface area contributed by atoms with Gasteiger partial charge in [0.1, 0.15) is 5.82 Å². The Labute approximate surface area is 114 Å². The quantitative estimate of drug-likeness (QED) is 0.931. The first kappa shape index (κ1) is 13.7. The lowest BCUT2D eigenvalue weighted by atomic mass is 10.1. The van der Waals surface area contributed by atoms with E-state index in [0.29, 0.717) is 0 Å². The summed E-state index contributed by atoms with van der Waals surface area (Å²) in [6.07, 6.45) is 2.22. The highest BCUT2D eigenvalue weighted by molar-refractivity contribution is 6.08. The van der Waals surface area contributed by atoms with E-state index in [4.69, 9.17) is 5.11 Å². The Kier molecular flexibility index (Phi) is 3.74. The maximum atomic E-state index is 13.1. The highest BCUT2D eigenvalue weighted by Gasteiger charge is 2.19. The van der Waals surface area contributed by atoms with Crippen LogP contribution in [0, 0.1) is 5.82 Å². The number of pyridine rings is 1. The van der Waals surface area contributed by atoms with E-state index in [1.165, 1.54) is 25.4 Å². The van der Waals surface area contributed by atoms with Gasteiger partial charge in [0.25, 0.3) is 5.91 Å². The van der Waals surface area contributed by atoms with Gasteiger partial charge in [-0.3, -0.25) is 9.78 Å². The second-order valence-electron chi connectivity index (χ2n) is 4.08. The molecule has 6 heteroatoms. The van der Waals surface area contributed by atoms with Crippen LogP contribution < -0.4 is 4.90 Å². The molecule has 0 aliphatic carbocycles. The summed E-state index contributed by atoms with van der Waals surface area (Å²) in [5.74, 6) is -2.31. The van der Waals surface area contributed by atoms with E-state index in [1.807, 2.05) is 0 Å². The number of hydrogen-bond acceptors (Lipinski definition) is 3. The first-order valence-corrected chi connectivity index (χ1v) is 5.71. The van der Waals surface area contributed by atoms with Crippen LogP contribution >= 0.6 is 0 Å². The molecule has 0 spiro atoms. The van der Waals surface area contributed by atoms with Crippen LogP contribution in [0.3, 0.4) is 0 Å². The lowest BCUT2D eigenvalue weighted by molar-refractivity contribution is 0.0697. The van der Waals surface area contributed by atoms with Gasteiger partial charge in [-0.15, -0.1) is 0 Å². The maximum absolute atomic E-state index is 13.1. The van der Waals surface area contributed by atoms with Crippen molar-refractivity contribution in [2.45, 2.75) is 0 Å². The molecule has 5 nitrogen and oxygen atoms in total. The summed E-state index contributed by atoms with van der Waals surface area (Å²) in [7, 11) is 1.43. The summed E-state index contributed by atoms with van der Waals surface area (Å²) >= 11 is 0. The van der Waals surface area contributed by atoms with Crippen LogP contribution in [0.5, 0.6) is 0 Å². The van der Waals surface area contributed by atoms with Crippen LogP contribution in [0.1, 0.15) is 20.7 Å². The number of hydrogen-bond donors (Lipinski definition) is 1. The average Bonchev–Trinajstić information content (AvgIpc) is 2.45. The summed E-state index contributed by atoms with van der Waals surface area (Å²) in [5.41, 5.74) is 0.273. The van der Waals surface area contributed by atoms with Gasteiger partial charge in [0, 0.05) is 13.2 Å². The number of carbonyl (C=O) groups is 2. The fourth-order valence-electron chi connectivity index (χ4n) is 1.78. The molecule has 0 unspecified atom stereocenters. The minimum absolute atomic E-state index is 0.00675. The number of carbonyl (C=O) groups excluding carboxylic acids is 1. The van der Waals surface area contributed by atoms with E-state index in [0.717, 1.165) is 17.2 Å². The van der Waals surface area contributed by atoms with Gasteiger partial charge in [-0.2, -0.15) is 0 Å². The van der Waals surface area contributed by atoms with Crippen molar-refractivity contribution < 1.29 is 19.1 Å². The van der Waals surface area contributed by atoms with Crippen molar-refractivity contribution in [3.8, 4) is 0 Å². The zero-order chi connectivity index (χ0) is 14.7. The minimum Gasteiger partial charge on any atom is -0.478 e. The van der Waals surface area contributed by atoms with E-state index < -0.39 is 17.7 Å². The molecular formula is C14H11FN2O3. The molecule has 0 atom stereocenters. The van der Waals surface area contributed by atoms with Gasteiger partial charge in [-0.1, -0.05) is 12.1 Å². The first-order chi connectivity index (χ1) is 9.50. The van der Waals surface area contributed by atoms with Crippen LogP contribution in [-0.4, -0.2) is 29.0 Å². The number of halogens is 1. The smallest absolute Gasteiger partial charge is 0.337 e. The fraction of sp³-hybridized carbons (Fsp3) is 0.0714. The average molecular weight is 274 g/mol. The number of carboxylic acid groups (broad SMARTS) is 1. The Hall–Kier alpha value is -2.76. The van der Waals surface area contributed by atoms with Crippen molar-refractivity contribution >= 4 is 17.6 Å². The standard InChI is InChI=1S/C14H11FN2O3/c1-17(12-5-3-2-4-11(12)14(19)20)13(18)9-6-10(15)8-16-7-9/h2-8H,1H3,(H,19,20). The summed E-state index contributed by atoms with van der Waals surface area (Å²) in [5, 5.41) is 9.10. The molecule has 1 heterocycles. The van der Waals surface area contributed by atoms with E-state index >= 15 is 0 Å². The molecule has 0 bridgehead atoms. The van der Waals surface area contributed by atoms with Gasteiger partial charge in [0.15, 0.2) is 0 Å². The van der Waals surface area contributed by atoms with E-state index in [2.05, 4.69) is 4.98 Å². The van der Waals surface area contributed by atoms with Gasteiger partial charge in [0.05, 0.1) is 23.0 Å². The van der Waals surface area contributed by atoms with Crippen molar-refractivity contribution in [1.82, 2.24) is 4.98 Å². The number of para-hydroxylation sites is 1. The highest BCUT2D eigenvalue weighted by atomic mass is 19.1. The molecule has 0 fully saturated rings. The fourth-order valence-corrected chi connectivity index (χ4v) is 1.78. The molecule has 20 heavy (non-hydrogen) atoms. The van der Waals surface area contributed by atoms with E-state index in [-0.39, 0.29) is 16.8 Å². The molecule has 102 valence electrons. The van der Waals surface area contributed by atoms with Crippen molar-refractivity contribution in [1.29, 1.82) is 0 Å². The summed E-state index contributed by atoms with van der Waals surface area (Å²) in [4.78, 5) is 28.1. The topological polar surface area (TPSA) is 70.5 Å². The Morgan fingerprint density at radius 2 is 1.95 bits per heavy atom. The third kappa shape index (κ3) is 2.64. The van der Waals surface area contributed by atoms with Gasteiger partial charge >= 0.3 is 5.97 Å². The molecule has 0 aliphatic rings. The van der Waals surface area contributed by atoms with Crippen LogP contribution in [0.4, 0.5) is 10.1 Å². The van der Waals surface area contributed by atoms with Crippen LogP contribution in [-0.2, 0) is 0 Å². The SMILES string of the molecule is CN(C(=O)c1cncc(F)c1)c1ccccc1C(=O)O. The molecule has 1 aromatic carbocycles. The van der Waals surface area contributed by atoms with Gasteiger partial charge < -0.3 is 10.0 Å². The zero-order valence-corrected chi connectivity index (χ0v) is 10.6. The van der Waals surface area contributed by atoms with Gasteiger partial charge in [0.2, 0.25) is 0 Å². The number of anilines is 1. The lowest BCUT2D eigenvalue weighted by Crippen LogP contribution is -2.28. The zero-order valence-electron chi connectivity index (χ0n) is 10.6.